The number of alkyl halides is 3. The van der Waals surface area contributed by atoms with Gasteiger partial charge >= 0.3 is 6.18 Å². The van der Waals surface area contributed by atoms with Gasteiger partial charge in [-0.1, -0.05) is 13.3 Å². The molecule has 0 heterocycles. The van der Waals surface area contributed by atoms with Gasteiger partial charge < -0.3 is 16.2 Å². The molecule has 0 aromatic carbocycles. The largest absolute Gasteiger partial charge is 0.415 e. The highest BCUT2D eigenvalue weighted by molar-refractivity contribution is 5.86. The Kier molecular flexibility index (Phi) is 5.08. The van der Waals surface area contributed by atoms with Crippen molar-refractivity contribution in [2.75, 3.05) is 6.54 Å². The zero-order chi connectivity index (χ0) is 15.6. The Morgan fingerprint density at radius 1 is 1.40 bits per heavy atom. The molecule has 0 saturated heterocycles. The van der Waals surface area contributed by atoms with Crippen LogP contribution in [0.4, 0.5) is 13.2 Å². The Hall–Kier alpha value is -0.820. The minimum atomic E-state index is -4.82. The third kappa shape index (κ3) is 3.85. The minimum Gasteiger partial charge on any atom is -0.388 e. The Balaban J connectivity index is 2.53. The summed E-state index contributed by atoms with van der Waals surface area (Å²) >= 11 is 0. The Labute approximate surface area is 116 Å². The van der Waals surface area contributed by atoms with Crippen molar-refractivity contribution in [1.82, 2.24) is 5.32 Å². The van der Waals surface area contributed by atoms with E-state index in [4.69, 9.17) is 5.73 Å². The molecule has 118 valence electrons. The van der Waals surface area contributed by atoms with Crippen molar-refractivity contribution < 1.29 is 23.1 Å². The average Bonchev–Trinajstić information content (AvgIpc) is 2.35. The van der Waals surface area contributed by atoms with Gasteiger partial charge in [-0.2, -0.15) is 13.2 Å². The maximum absolute atomic E-state index is 12.6. The molecule has 1 saturated carbocycles. The molecule has 0 radical (unpaired) electrons. The van der Waals surface area contributed by atoms with Crippen molar-refractivity contribution in [1.29, 1.82) is 0 Å². The van der Waals surface area contributed by atoms with Crippen LogP contribution in [0.5, 0.6) is 0 Å². The molecular formula is C13H23F3N2O2. The highest BCUT2D eigenvalue weighted by atomic mass is 19.4. The molecule has 20 heavy (non-hydrogen) atoms. The van der Waals surface area contributed by atoms with Crippen LogP contribution >= 0.6 is 0 Å². The molecule has 1 aliphatic carbocycles. The Bertz CT molecular complexity index is 348. The van der Waals surface area contributed by atoms with Gasteiger partial charge in [0.15, 0.2) is 5.54 Å². The van der Waals surface area contributed by atoms with Crippen LogP contribution in [0.2, 0.25) is 0 Å². The highest BCUT2D eigenvalue weighted by Crippen LogP contribution is 2.33. The zero-order valence-electron chi connectivity index (χ0n) is 11.9. The normalized spacial score (nSPS) is 30.6. The van der Waals surface area contributed by atoms with Gasteiger partial charge in [-0.3, -0.25) is 4.79 Å². The molecule has 0 aliphatic heterocycles. The van der Waals surface area contributed by atoms with Gasteiger partial charge in [-0.25, -0.2) is 0 Å². The van der Waals surface area contributed by atoms with E-state index in [1.807, 2.05) is 0 Å². The first kappa shape index (κ1) is 17.2. The van der Waals surface area contributed by atoms with Crippen LogP contribution in [0.1, 0.15) is 46.0 Å². The summed E-state index contributed by atoms with van der Waals surface area (Å²) in [5.41, 5.74) is 0.958. The number of nitrogens with one attached hydrogen (secondary N) is 1. The maximum Gasteiger partial charge on any atom is 0.415 e. The van der Waals surface area contributed by atoms with Gasteiger partial charge in [0.2, 0.25) is 5.91 Å². The van der Waals surface area contributed by atoms with E-state index in [1.54, 1.807) is 0 Å². The van der Waals surface area contributed by atoms with Gasteiger partial charge in [0.25, 0.3) is 0 Å². The van der Waals surface area contributed by atoms with Crippen LogP contribution in [0.25, 0.3) is 0 Å². The van der Waals surface area contributed by atoms with Crippen molar-refractivity contribution in [2.45, 2.75) is 63.3 Å². The van der Waals surface area contributed by atoms with E-state index < -0.39 is 23.2 Å². The number of aliphatic hydroxyl groups is 1. The molecule has 1 unspecified atom stereocenters. The van der Waals surface area contributed by atoms with Gasteiger partial charge in [-0.05, 0) is 38.5 Å². The van der Waals surface area contributed by atoms with E-state index in [0.29, 0.717) is 25.7 Å². The molecule has 1 amide bonds. The molecule has 1 rings (SSSR count). The van der Waals surface area contributed by atoms with Crippen molar-refractivity contribution in [3.63, 3.8) is 0 Å². The average molecular weight is 296 g/mol. The molecule has 4 nitrogen and oxygen atoms in total. The van der Waals surface area contributed by atoms with E-state index in [-0.39, 0.29) is 6.54 Å². The van der Waals surface area contributed by atoms with E-state index in [0.717, 1.165) is 19.3 Å². The molecule has 4 N–H and O–H groups in total. The van der Waals surface area contributed by atoms with E-state index >= 15 is 0 Å². The van der Waals surface area contributed by atoms with Crippen LogP contribution < -0.4 is 11.1 Å². The molecule has 1 fully saturated rings. The van der Waals surface area contributed by atoms with Crippen LogP contribution in [-0.4, -0.2) is 34.9 Å². The predicted molar refractivity (Wildman–Crippen MR) is 68.9 cm³/mol. The molecular weight excluding hydrogens is 273 g/mol. The van der Waals surface area contributed by atoms with E-state index in [2.05, 4.69) is 12.2 Å². The third-order valence-electron chi connectivity index (χ3n) is 4.25. The van der Waals surface area contributed by atoms with E-state index in [9.17, 15) is 23.1 Å². The lowest BCUT2D eigenvalue weighted by Crippen LogP contribution is -2.62. The minimum absolute atomic E-state index is 0.189. The summed E-state index contributed by atoms with van der Waals surface area (Å²) in [6, 6.07) is 0. The number of rotatable bonds is 4. The van der Waals surface area contributed by atoms with E-state index in [1.165, 1.54) is 0 Å². The van der Waals surface area contributed by atoms with Crippen LogP contribution in [-0.2, 0) is 4.79 Å². The van der Waals surface area contributed by atoms with Gasteiger partial charge in [0.05, 0.1) is 5.60 Å². The molecule has 7 heteroatoms. The smallest absolute Gasteiger partial charge is 0.388 e. The summed E-state index contributed by atoms with van der Waals surface area (Å²) in [4.78, 5) is 11.5. The van der Waals surface area contributed by atoms with Crippen molar-refractivity contribution in [2.24, 2.45) is 11.7 Å². The third-order valence-corrected chi connectivity index (χ3v) is 4.25. The number of amides is 1. The van der Waals surface area contributed by atoms with Gasteiger partial charge in [0.1, 0.15) is 0 Å². The summed E-state index contributed by atoms with van der Waals surface area (Å²) in [6.07, 6.45) is -1.18. The Morgan fingerprint density at radius 3 is 2.30 bits per heavy atom. The number of hydrogen-bond donors (Lipinski definition) is 3. The quantitative estimate of drug-likeness (QED) is 0.739. The lowest BCUT2D eigenvalue weighted by atomic mass is 9.78. The van der Waals surface area contributed by atoms with Crippen LogP contribution in [0, 0.1) is 5.92 Å². The topological polar surface area (TPSA) is 75.3 Å². The number of halogens is 3. The van der Waals surface area contributed by atoms with Gasteiger partial charge in [-0.15, -0.1) is 0 Å². The monoisotopic (exact) mass is 296 g/mol. The second-order valence-corrected chi connectivity index (χ2v) is 5.96. The SMILES string of the molecule is CCC1CCC(O)(CNC(=O)C(C)(N)C(F)(F)F)CC1. The van der Waals surface area contributed by atoms with Gasteiger partial charge in [0, 0.05) is 6.54 Å². The van der Waals surface area contributed by atoms with Crippen molar-refractivity contribution in [3.05, 3.63) is 0 Å². The second kappa shape index (κ2) is 5.89. The molecule has 0 spiro atoms. The van der Waals surface area contributed by atoms with Crippen LogP contribution in [0.3, 0.4) is 0 Å². The molecule has 1 atom stereocenters. The fourth-order valence-electron chi connectivity index (χ4n) is 2.36. The molecule has 0 bridgehead atoms. The highest BCUT2D eigenvalue weighted by Gasteiger charge is 2.54. The predicted octanol–water partition coefficient (Wildman–Crippen LogP) is 1.71. The maximum atomic E-state index is 12.6. The second-order valence-electron chi connectivity index (χ2n) is 5.96. The number of hydrogen-bond acceptors (Lipinski definition) is 3. The molecule has 0 aromatic heterocycles. The first-order valence-electron chi connectivity index (χ1n) is 6.88. The fourth-order valence-corrected chi connectivity index (χ4v) is 2.36. The fraction of sp³-hybridized carbons (Fsp3) is 0.923. The summed E-state index contributed by atoms with van der Waals surface area (Å²) in [7, 11) is 0. The summed E-state index contributed by atoms with van der Waals surface area (Å²) in [5.74, 6) is -0.767. The number of carbonyl (C=O) groups excluding carboxylic acids is 1. The molecule has 0 aromatic rings. The lowest BCUT2D eigenvalue weighted by molar-refractivity contribution is -0.188. The first-order valence-corrected chi connectivity index (χ1v) is 6.88. The summed E-state index contributed by atoms with van der Waals surface area (Å²) in [6.45, 7) is 2.51. The van der Waals surface area contributed by atoms with Crippen molar-refractivity contribution in [3.8, 4) is 0 Å². The molecule has 1 aliphatic rings. The van der Waals surface area contributed by atoms with Crippen LogP contribution in [0.15, 0.2) is 0 Å². The van der Waals surface area contributed by atoms with Crippen molar-refractivity contribution >= 4 is 5.91 Å². The summed E-state index contributed by atoms with van der Waals surface area (Å²) in [5, 5.41) is 12.4. The standard InChI is InChI=1S/C13H23F3N2O2/c1-3-9-4-6-12(20,7-5-9)8-18-10(19)11(2,17)13(14,15)16/h9,20H,3-8,17H2,1-2H3,(H,18,19). The number of carbonyl (C=O) groups is 1. The first-order chi connectivity index (χ1) is 9.02. The summed E-state index contributed by atoms with van der Waals surface area (Å²) < 4.78 is 37.8. The number of nitrogens with two attached hydrogens (primary N) is 1. The Morgan fingerprint density at radius 2 is 1.90 bits per heavy atom. The lowest BCUT2D eigenvalue weighted by Gasteiger charge is -2.36. The zero-order valence-corrected chi connectivity index (χ0v) is 11.9.